The fraction of sp³-hybridized carbons (Fsp3) is 0.500. The summed E-state index contributed by atoms with van der Waals surface area (Å²) in [5, 5.41) is 6.31. The van der Waals surface area contributed by atoms with Gasteiger partial charge in [-0.3, -0.25) is 4.79 Å². The average Bonchev–Trinajstić information content (AvgIpc) is 2.64. The number of anilines is 1. The van der Waals surface area contributed by atoms with Crippen LogP contribution in [0.15, 0.2) is 18.2 Å². The van der Waals surface area contributed by atoms with Gasteiger partial charge in [0.05, 0.1) is 0 Å². The first-order valence-corrected chi connectivity index (χ1v) is 6.27. The number of nitrogens with one attached hydrogen (secondary N) is 2. The Bertz CT molecular complexity index is 428. The Kier molecular flexibility index (Phi) is 3.48. The van der Waals surface area contributed by atoms with Gasteiger partial charge in [0.15, 0.2) is 0 Å². The predicted octanol–water partition coefficient (Wildman–Crippen LogP) is 2.62. The summed E-state index contributed by atoms with van der Waals surface area (Å²) in [6.45, 7) is 7.26. The fourth-order valence-corrected chi connectivity index (χ4v) is 2.10. The molecule has 1 aromatic carbocycles. The SMILES string of the molecule is CCC(C)CNC1C(=O)Nc2c(C)cccc21. The number of hydrogen-bond acceptors (Lipinski definition) is 2. The minimum absolute atomic E-state index is 0.0672. The summed E-state index contributed by atoms with van der Waals surface area (Å²) in [6, 6.07) is 5.87. The van der Waals surface area contributed by atoms with Crippen LogP contribution >= 0.6 is 0 Å². The molecule has 0 aromatic heterocycles. The zero-order chi connectivity index (χ0) is 12.4. The molecule has 92 valence electrons. The van der Waals surface area contributed by atoms with Crippen LogP contribution in [0.5, 0.6) is 0 Å². The van der Waals surface area contributed by atoms with Crippen LogP contribution in [0.2, 0.25) is 0 Å². The maximum Gasteiger partial charge on any atom is 0.246 e. The normalized spacial score (nSPS) is 19.9. The lowest BCUT2D eigenvalue weighted by Gasteiger charge is -2.15. The van der Waals surface area contributed by atoms with Crippen LogP contribution < -0.4 is 10.6 Å². The van der Waals surface area contributed by atoms with E-state index in [2.05, 4.69) is 24.5 Å². The second-order valence-electron chi connectivity index (χ2n) is 4.88. The minimum Gasteiger partial charge on any atom is -0.324 e. The minimum atomic E-state index is -0.182. The molecule has 0 spiro atoms. The molecule has 0 fully saturated rings. The van der Waals surface area contributed by atoms with E-state index in [1.165, 1.54) is 0 Å². The summed E-state index contributed by atoms with van der Waals surface area (Å²) in [7, 11) is 0. The van der Waals surface area contributed by atoms with E-state index in [4.69, 9.17) is 0 Å². The van der Waals surface area contributed by atoms with E-state index in [1.807, 2.05) is 25.1 Å². The van der Waals surface area contributed by atoms with E-state index in [9.17, 15) is 4.79 Å². The molecule has 0 aliphatic carbocycles. The zero-order valence-corrected chi connectivity index (χ0v) is 10.7. The summed E-state index contributed by atoms with van der Waals surface area (Å²) in [4.78, 5) is 11.9. The Hall–Kier alpha value is -1.35. The number of fused-ring (bicyclic) bond motifs is 1. The van der Waals surface area contributed by atoms with Crippen molar-refractivity contribution >= 4 is 11.6 Å². The monoisotopic (exact) mass is 232 g/mol. The van der Waals surface area contributed by atoms with Crippen molar-refractivity contribution in [2.45, 2.75) is 33.2 Å². The van der Waals surface area contributed by atoms with Crippen LogP contribution in [0.4, 0.5) is 5.69 Å². The lowest BCUT2D eigenvalue weighted by atomic mass is 10.0. The number of carbonyl (C=O) groups is 1. The molecule has 2 unspecified atom stereocenters. The topological polar surface area (TPSA) is 41.1 Å². The molecule has 3 nitrogen and oxygen atoms in total. The summed E-state index contributed by atoms with van der Waals surface area (Å²) in [5.41, 5.74) is 3.20. The first-order valence-electron chi connectivity index (χ1n) is 6.27. The van der Waals surface area contributed by atoms with Crippen LogP contribution in [0.3, 0.4) is 0 Å². The first-order chi connectivity index (χ1) is 8.13. The van der Waals surface area contributed by atoms with Gasteiger partial charge in [0, 0.05) is 11.3 Å². The summed E-state index contributed by atoms with van der Waals surface area (Å²) < 4.78 is 0. The highest BCUT2D eigenvalue weighted by Crippen LogP contribution is 2.33. The van der Waals surface area contributed by atoms with Crippen molar-refractivity contribution in [1.29, 1.82) is 0 Å². The van der Waals surface area contributed by atoms with E-state index < -0.39 is 0 Å². The van der Waals surface area contributed by atoms with Crippen LogP contribution in [0, 0.1) is 12.8 Å². The predicted molar refractivity (Wildman–Crippen MR) is 70.0 cm³/mol. The van der Waals surface area contributed by atoms with Gasteiger partial charge in [-0.1, -0.05) is 38.5 Å². The number of hydrogen-bond donors (Lipinski definition) is 2. The van der Waals surface area contributed by atoms with Gasteiger partial charge in [0.1, 0.15) is 6.04 Å². The molecule has 17 heavy (non-hydrogen) atoms. The molecular weight excluding hydrogens is 212 g/mol. The zero-order valence-electron chi connectivity index (χ0n) is 10.7. The lowest BCUT2D eigenvalue weighted by Crippen LogP contribution is -2.30. The second-order valence-corrected chi connectivity index (χ2v) is 4.88. The van der Waals surface area contributed by atoms with Crippen LogP contribution in [-0.2, 0) is 4.79 Å². The van der Waals surface area contributed by atoms with Gasteiger partial charge in [-0.15, -0.1) is 0 Å². The quantitative estimate of drug-likeness (QED) is 0.838. The van der Waals surface area contributed by atoms with Gasteiger partial charge >= 0.3 is 0 Å². The van der Waals surface area contributed by atoms with Crippen molar-refractivity contribution in [3.05, 3.63) is 29.3 Å². The summed E-state index contributed by atoms with van der Waals surface area (Å²) >= 11 is 0. The molecule has 0 radical (unpaired) electrons. The number of carbonyl (C=O) groups excluding carboxylic acids is 1. The van der Waals surface area contributed by atoms with Crippen molar-refractivity contribution in [3.8, 4) is 0 Å². The molecule has 0 saturated carbocycles. The molecule has 0 bridgehead atoms. The molecule has 1 amide bonds. The van der Waals surface area contributed by atoms with Gasteiger partial charge in [-0.2, -0.15) is 0 Å². The van der Waals surface area contributed by atoms with Crippen molar-refractivity contribution in [2.24, 2.45) is 5.92 Å². The highest BCUT2D eigenvalue weighted by atomic mass is 16.2. The third-order valence-corrected chi connectivity index (χ3v) is 3.49. The molecule has 1 aliphatic rings. The molecule has 1 aliphatic heterocycles. The van der Waals surface area contributed by atoms with Gasteiger partial charge < -0.3 is 10.6 Å². The lowest BCUT2D eigenvalue weighted by molar-refractivity contribution is -0.117. The Morgan fingerprint density at radius 3 is 2.94 bits per heavy atom. The van der Waals surface area contributed by atoms with E-state index in [1.54, 1.807) is 0 Å². The molecule has 1 aromatic rings. The third-order valence-electron chi connectivity index (χ3n) is 3.49. The Labute approximate surface area is 103 Å². The summed E-state index contributed by atoms with van der Waals surface area (Å²) in [6.07, 6.45) is 1.13. The first kappa shape index (κ1) is 12.1. The van der Waals surface area contributed by atoms with Gasteiger partial charge in [0.2, 0.25) is 5.91 Å². The van der Waals surface area contributed by atoms with E-state index in [0.717, 1.165) is 29.8 Å². The van der Waals surface area contributed by atoms with Gasteiger partial charge in [-0.05, 0) is 24.9 Å². The Morgan fingerprint density at radius 1 is 1.47 bits per heavy atom. The molecule has 2 atom stereocenters. The molecule has 2 N–H and O–H groups in total. The third kappa shape index (κ3) is 2.34. The number of amides is 1. The Balaban J connectivity index is 2.15. The van der Waals surface area contributed by atoms with Crippen molar-refractivity contribution in [2.75, 3.05) is 11.9 Å². The smallest absolute Gasteiger partial charge is 0.246 e. The average molecular weight is 232 g/mol. The molecular formula is C14H20N2O. The molecule has 1 heterocycles. The van der Waals surface area contributed by atoms with Crippen molar-refractivity contribution in [1.82, 2.24) is 5.32 Å². The highest BCUT2D eigenvalue weighted by Gasteiger charge is 2.30. The molecule has 2 rings (SSSR count). The van der Waals surface area contributed by atoms with Crippen LogP contribution in [0.1, 0.15) is 37.4 Å². The number of benzene rings is 1. The second kappa shape index (κ2) is 4.88. The molecule has 0 saturated heterocycles. The number of para-hydroxylation sites is 1. The highest BCUT2D eigenvalue weighted by molar-refractivity contribution is 6.03. The van der Waals surface area contributed by atoms with Gasteiger partial charge in [-0.25, -0.2) is 0 Å². The molecule has 3 heteroatoms. The largest absolute Gasteiger partial charge is 0.324 e. The number of aryl methyl sites for hydroxylation is 1. The maximum absolute atomic E-state index is 11.9. The fourth-order valence-electron chi connectivity index (χ4n) is 2.10. The van der Waals surface area contributed by atoms with E-state index in [-0.39, 0.29) is 11.9 Å². The van der Waals surface area contributed by atoms with Crippen molar-refractivity contribution < 1.29 is 4.79 Å². The summed E-state index contributed by atoms with van der Waals surface area (Å²) in [5.74, 6) is 0.661. The van der Waals surface area contributed by atoms with E-state index >= 15 is 0 Å². The van der Waals surface area contributed by atoms with E-state index in [0.29, 0.717) is 5.92 Å². The maximum atomic E-state index is 11.9. The standard InChI is InChI=1S/C14H20N2O/c1-4-9(2)8-15-13-11-7-5-6-10(3)12(11)16-14(13)17/h5-7,9,13,15H,4,8H2,1-3H3,(H,16,17). The Morgan fingerprint density at radius 2 is 2.24 bits per heavy atom. The number of rotatable bonds is 4. The van der Waals surface area contributed by atoms with Crippen LogP contribution in [-0.4, -0.2) is 12.5 Å². The van der Waals surface area contributed by atoms with Crippen molar-refractivity contribution in [3.63, 3.8) is 0 Å². The van der Waals surface area contributed by atoms with Crippen LogP contribution in [0.25, 0.3) is 0 Å². The van der Waals surface area contributed by atoms with Gasteiger partial charge in [0.25, 0.3) is 0 Å².